The number of nitrogens with zero attached hydrogens (tertiary/aromatic N) is 1. The van der Waals surface area contributed by atoms with Crippen molar-refractivity contribution < 1.29 is 14.3 Å². The highest BCUT2D eigenvalue weighted by Gasteiger charge is 2.53. The zero-order valence-electron chi connectivity index (χ0n) is 12.0. The summed E-state index contributed by atoms with van der Waals surface area (Å²) < 4.78 is 10.9. The van der Waals surface area contributed by atoms with Crippen LogP contribution in [0.15, 0.2) is 22.8 Å². The topological polar surface area (TPSA) is 38.8 Å². The van der Waals surface area contributed by atoms with E-state index < -0.39 is 0 Å². The minimum Gasteiger partial charge on any atom is -0.461 e. The molecule has 4 nitrogen and oxygen atoms in total. The molecule has 3 heterocycles. The van der Waals surface area contributed by atoms with Crippen molar-refractivity contribution in [2.24, 2.45) is 0 Å². The average molecular weight is 275 g/mol. The molecule has 108 valence electrons. The molecule has 20 heavy (non-hydrogen) atoms. The first kappa shape index (κ1) is 12.6. The van der Waals surface area contributed by atoms with Gasteiger partial charge in [-0.1, -0.05) is 6.08 Å². The van der Waals surface area contributed by atoms with Crippen LogP contribution in [-0.4, -0.2) is 49.3 Å². The second-order valence-corrected chi connectivity index (χ2v) is 6.29. The highest BCUT2D eigenvalue weighted by molar-refractivity contribution is 5.76. The van der Waals surface area contributed by atoms with Gasteiger partial charge >= 0.3 is 5.97 Å². The minimum absolute atomic E-state index is 0.0219. The maximum Gasteiger partial charge on any atom is 0.310 e. The van der Waals surface area contributed by atoms with Crippen LogP contribution in [0.2, 0.25) is 0 Å². The Morgan fingerprint density at radius 3 is 3.10 bits per heavy atom. The molecule has 0 amide bonds. The fourth-order valence-corrected chi connectivity index (χ4v) is 4.57. The summed E-state index contributed by atoms with van der Waals surface area (Å²) >= 11 is 0. The van der Waals surface area contributed by atoms with Gasteiger partial charge in [0.2, 0.25) is 0 Å². The second-order valence-electron chi connectivity index (χ2n) is 6.29. The van der Waals surface area contributed by atoms with Crippen molar-refractivity contribution in [3.8, 4) is 0 Å². The van der Waals surface area contributed by atoms with Gasteiger partial charge in [0, 0.05) is 20.2 Å². The van der Waals surface area contributed by atoms with Crippen LogP contribution in [0.1, 0.15) is 32.1 Å². The quantitative estimate of drug-likeness (QED) is 0.540. The molecule has 4 aliphatic rings. The van der Waals surface area contributed by atoms with E-state index in [-0.39, 0.29) is 17.6 Å². The van der Waals surface area contributed by atoms with Gasteiger partial charge in [0.25, 0.3) is 0 Å². The SMILES string of the molecule is CO[C@H]1CC=C2CCN3CCC4=C(CC(=O)OC4)C23C1. The molecule has 0 bridgehead atoms. The summed E-state index contributed by atoms with van der Waals surface area (Å²) in [7, 11) is 1.80. The van der Waals surface area contributed by atoms with Gasteiger partial charge in [-0.2, -0.15) is 0 Å². The lowest BCUT2D eigenvalue weighted by molar-refractivity contribution is -0.143. The molecule has 1 fully saturated rings. The molecule has 1 unspecified atom stereocenters. The van der Waals surface area contributed by atoms with Crippen LogP contribution in [0, 0.1) is 0 Å². The third-order valence-corrected chi connectivity index (χ3v) is 5.54. The number of esters is 1. The van der Waals surface area contributed by atoms with E-state index in [1.165, 1.54) is 16.7 Å². The molecule has 0 aromatic rings. The Morgan fingerprint density at radius 2 is 2.25 bits per heavy atom. The maximum atomic E-state index is 11.8. The monoisotopic (exact) mass is 275 g/mol. The summed E-state index contributed by atoms with van der Waals surface area (Å²) in [5.41, 5.74) is 4.20. The number of hydrogen-bond acceptors (Lipinski definition) is 4. The predicted octanol–water partition coefficient (Wildman–Crippen LogP) is 1.81. The molecule has 1 saturated heterocycles. The number of hydrogen-bond donors (Lipinski definition) is 0. The molecular weight excluding hydrogens is 254 g/mol. The highest BCUT2D eigenvalue weighted by Crippen LogP contribution is 2.52. The zero-order valence-corrected chi connectivity index (χ0v) is 12.0. The van der Waals surface area contributed by atoms with Crippen molar-refractivity contribution in [2.45, 2.75) is 43.7 Å². The van der Waals surface area contributed by atoms with Gasteiger partial charge in [0.05, 0.1) is 18.1 Å². The Hall–Kier alpha value is -1.13. The number of carbonyl (C=O) groups excluding carboxylic acids is 1. The van der Waals surface area contributed by atoms with E-state index in [1.54, 1.807) is 7.11 Å². The van der Waals surface area contributed by atoms with E-state index in [0.29, 0.717) is 13.0 Å². The predicted molar refractivity (Wildman–Crippen MR) is 74.3 cm³/mol. The first-order chi connectivity index (χ1) is 9.74. The summed E-state index contributed by atoms with van der Waals surface area (Å²) in [4.78, 5) is 14.4. The molecule has 0 radical (unpaired) electrons. The molecule has 0 saturated carbocycles. The number of ether oxygens (including phenoxy) is 2. The third kappa shape index (κ3) is 1.58. The van der Waals surface area contributed by atoms with Gasteiger partial charge in [-0.3, -0.25) is 9.69 Å². The van der Waals surface area contributed by atoms with Crippen LogP contribution in [0.5, 0.6) is 0 Å². The van der Waals surface area contributed by atoms with Crippen molar-refractivity contribution in [3.63, 3.8) is 0 Å². The normalized spacial score (nSPS) is 37.0. The van der Waals surface area contributed by atoms with Crippen molar-refractivity contribution in [1.29, 1.82) is 0 Å². The van der Waals surface area contributed by atoms with Crippen molar-refractivity contribution in [1.82, 2.24) is 4.90 Å². The Labute approximate surface area is 119 Å². The smallest absolute Gasteiger partial charge is 0.310 e. The van der Waals surface area contributed by atoms with Gasteiger partial charge in [-0.25, -0.2) is 0 Å². The van der Waals surface area contributed by atoms with E-state index in [2.05, 4.69) is 11.0 Å². The largest absolute Gasteiger partial charge is 0.461 e. The molecule has 4 heteroatoms. The summed E-state index contributed by atoms with van der Waals surface area (Å²) in [6.45, 7) is 2.72. The highest BCUT2D eigenvalue weighted by atomic mass is 16.5. The van der Waals surface area contributed by atoms with Crippen LogP contribution in [0.3, 0.4) is 0 Å². The molecule has 1 aliphatic carbocycles. The van der Waals surface area contributed by atoms with E-state index in [4.69, 9.17) is 9.47 Å². The van der Waals surface area contributed by atoms with Crippen molar-refractivity contribution in [3.05, 3.63) is 22.8 Å². The Bertz CT molecular complexity index is 522. The molecule has 0 aromatic carbocycles. The van der Waals surface area contributed by atoms with E-state index in [9.17, 15) is 4.79 Å². The van der Waals surface area contributed by atoms with Crippen LogP contribution in [0.25, 0.3) is 0 Å². The number of methoxy groups -OCH3 is 1. The fourth-order valence-electron chi connectivity index (χ4n) is 4.57. The van der Waals surface area contributed by atoms with Crippen LogP contribution in [-0.2, 0) is 14.3 Å². The molecule has 1 spiro atoms. The molecule has 0 aromatic heterocycles. The van der Waals surface area contributed by atoms with Crippen LogP contribution in [0.4, 0.5) is 0 Å². The first-order valence-electron chi connectivity index (χ1n) is 7.58. The van der Waals surface area contributed by atoms with Gasteiger partial charge < -0.3 is 9.47 Å². The number of rotatable bonds is 1. The van der Waals surface area contributed by atoms with Crippen LogP contribution < -0.4 is 0 Å². The molecule has 0 N–H and O–H groups in total. The summed E-state index contributed by atoms with van der Waals surface area (Å²) in [5.74, 6) is -0.0641. The van der Waals surface area contributed by atoms with E-state index in [1.807, 2.05) is 0 Å². The Morgan fingerprint density at radius 1 is 1.40 bits per heavy atom. The summed E-state index contributed by atoms with van der Waals surface area (Å²) in [6, 6.07) is 0. The Kier molecular flexibility index (Phi) is 2.79. The lowest BCUT2D eigenvalue weighted by Crippen LogP contribution is -2.54. The van der Waals surface area contributed by atoms with Gasteiger partial charge in [-0.15, -0.1) is 0 Å². The fraction of sp³-hybridized carbons (Fsp3) is 0.688. The van der Waals surface area contributed by atoms with Gasteiger partial charge in [0.1, 0.15) is 6.61 Å². The summed E-state index contributed by atoms with van der Waals surface area (Å²) in [5, 5.41) is 0. The standard InChI is InChI=1S/C16H21NO3/c1-19-13-3-2-12-5-7-17-6-4-11-10-20-15(18)8-14(11)16(12,17)9-13/h2,13H,3-10H2,1H3/t13-,16?/m0/s1. The van der Waals surface area contributed by atoms with Gasteiger partial charge in [-0.05, 0) is 42.4 Å². The van der Waals surface area contributed by atoms with E-state index >= 15 is 0 Å². The lowest BCUT2D eigenvalue weighted by Gasteiger charge is -2.50. The average Bonchev–Trinajstić information content (AvgIpc) is 2.86. The zero-order chi connectivity index (χ0) is 13.7. The molecule has 2 atom stereocenters. The minimum atomic E-state index is -0.0641. The Balaban J connectivity index is 1.84. The number of cyclic esters (lactones) is 1. The summed E-state index contributed by atoms with van der Waals surface area (Å²) in [6.07, 6.45) is 7.31. The molecule has 4 rings (SSSR count). The van der Waals surface area contributed by atoms with Crippen molar-refractivity contribution >= 4 is 5.97 Å². The second kappa shape index (κ2) is 4.43. The van der Waals surface area contributed by atoms with Crippen LogP contribution >= 0.6 is 0 Å². The lowest BCUT2D eigenvalue weighted by atomic mass is 9.69. The number of carbonyl (C=O) groups is 1. The van der Waals surface area contributed by atoms with Crippen molar-refractivity contribution in [2.75, 3.05) is 26.8 Å². The van der Waals surface area contributed by atoms with Gasteiger partial charge in [0.15, 0.2) is 0 Å². The third-order valence-electron chi connectivity index (χ3n) is 5.54. The molecular formula is C16H21NO3. The first-order valence-corrected chi connectivity index (χ1v) is 7.58. The van der Waals surface area contributed by atoms with E-state index in [0.717, 1.165) is 38.8 Å². The molecule has 3 aliphatic heterocycles. The maximum absolute atomic E-state index is 11.8.